The number of aromatic nitrogens is 1. The summed E-state index contributed by atoms with van der Waals surface area (Å²) in [6.07, 6.45) is 1.61. The molecule has 0 spiro atoms. The zero-order valence-corrected chi connectivity index (χ0v) is 9.74. The second-order valence-electron chi connectivity index (χ2n) is 4.60. The summed E-state index contributed by atoms with van der Waals surface area (Å²) in [5, 5.41) is 11.7. The Morgan fingerprint density at radius 2 is 2.12 bits per heavy atom. The molecular formula is C11H17N3O2. The first kappa shape index (κ1) is 12.6. The smallest absolute Gasteiger partial charge is 0.293 e. The lowest BCUT2D eigenvalue weighted by molar-refractivity contribution is 0.0700. The summed E-state index contributed by atoms with van der Waals surface area (Å²) < 4.78 is 0. The van der Waals surface area contributed by atoms with E-state index in [1.165, 1.54) is 5.48 Å². The first-order valence-corrected chi connectivity index (χ1v) is 5.07. The second kappa shape index (κ2) is 5.05. The van der Waals surface area contributed by atoms with E-state index >= 15 is 0 Å². The van der Waals surface area contributed by atoms with Gasteiger partial charge in [0.15, 0.2) is 0 Å². The van der Waals surface area contributed by atoms with Gasteiger partial charge in [-0.25, -0.2) is 5.48 Å². The number of rotatable bonds is 3. The van der Waals surface area contributed by atoms with Crippen LogP contribution in [0.15, 0.2) is 18.3 Å². The van der Waals surface area contributed by atoms with Gasteiger partial charge in [-0.15, -0.1) is 0 Å². The van der Waals surface area contributed by atoms with E-state index in [4.69, 9.17) is 5.21 Å². The highest BCUT2D eigenvalue weighted by atomic mass is 16.5. The Bertz CT molecular complexity index is 354. The normalized spacial score (nSPS) is 11.2. The van der Waals surface area contributed by atoms with E-state index in [0.717, 1.165) is 5.56 Å². The largest absolute Gasteiger partial charge is 0.308 e. The van der Waals surface area contributed by atoms with Crippen molar-refractivity contribution in [1.29, 1.82) is 0 Å². The van der Waals surface area contributed by atoms with Crippen molar-refractivity contribution in [2.75, 3.05) is 0 Å². The summed E-state index contributed by atoms with van der Waals surface area (Å²) in [7, 11) is 0. The molecule has 0 aliphatic heterocycles. The van der Waals surface area contributed by atoms with Crippen LogP contribution in [-0.4, -0.2) is 21.6 Å². The monoisotopic (exact) mass is 223 g/mol. The number of hydrogen-bond donors (Lipinski definition) is 3. The fourth-order valence-electron chi connectivity index (χ4n) is 1.09. The van der Waals surface area contributed by atoms with Crippen LogP contribution in [0.25, 0.3) is 0 Å². The van der Waals surface area contributed by atoms with Crippen LogP contribution in [-0.2, 0) is 6.54 Å². The minimum atomic E-state index is -0.602. The third-order valence-electron chi connectivity index (χ3n) is 1.98. The first-order chi connectivity index (χ1) is 7.42. The average molecular weight is 223 g/mol. The van der Waals surface area contributed by atoms with Gasteiger partial charge in [-0.2, -0.15) is 0 Å². The minimum Gasteiger partial charge on any atom is -0.308 e. The van der Waals surface area contributed by atoms with E-state index in [2.05, 4.69) is 31.1 Å². The summed E-state index contributed by atoms with van der Waals surface area (Å²) in [5.74, 6) is -0.602. The second-order valence-corrected chi connectivity index (χ2v) is 4.60. The average Bonchev–Trinajstić information content (AvgIpc) is 2.25. The molecule has 0 fully saturated rings. The lowest BCUT2D eigenvalue weighted by Gasteiger charge is -2.20. The van der Waals surface area contributed by atoms with Crippen LogP contribution < -0.4 is 10.8 Å². The number of carbonyl (C=O) groups excluding carboxylic acids is 1. The Balaban J connectivity index is 2.62. The molecule has 0 aliphatic rings. The maximum absolute atomic E-state index is 11.0. The van der Waals surface area contributed by atoms with Crippen LogP contribution >= 0.6 is 0 Å². The summed E-state index contributed by atoms with van der Waals surface area (Å²) >= 11 is 0. The number of carbonyl (C=O) groups is 1. The molecule has 0 bridgehead atoms. The molecule has 3 N–H and O–H groups in total. The van der Waals surface area contributed by atoms with Crippen molar-refractivity contribution in [3.8, 4) is 0 Å². The molecule has 5 heteroatoms. The molecule has 5 nitrogen and oxygen atoms in total. The Morgan fingerprint density at radius 3 is 2.56 bits per heavy atom. The lowest BCUT2D eigenvalue weighted by Crippen LogP contribution is -2.35. The Labute approximate surface area is 94.9 Å². The quantitative estimate of drug-likeness (QED) is 0.529. The molecule has 88 valence electrons. The molecule has 0 aromatic carbocycles. The van der Waals surface area contributed by atoms with Gasteiger partial charge in [-0.05, 0) is 32.4 Å². The van der Waals surface area contributed by atoms with Crippen LogP contribution in [0.4, 0.5) is 0 Å². The van der Waals surface area contributed by atoms with Crippen LogP contribution in [0.3, 0.4) is 0 Å². The number of nitrogens with zero attached hydrogens (tertiary/aromatic N) is 1. The van der Waals surface area contributed by atoms with Gasteiger partial charge in [0.1, 0.15) is 5.69 Å². The zero-order valence-electron chi connectivity index (χ0n) is 9.74. The van der Waals surface area contributed by atoms with Gasteiger partial charge in [-0.3, -0.25) is 15.0 Å². The van der Waals surface area contributed by atoms with Crippen molar-refractivity contribution < 1.29 is 10.0 Å². The molecule has 1 rings (SSSR count). The van der Waals surface area contributed by atoms with Gasteiger partial charge in [0.05, 0.1) is 0 Å². The molecule has 1 heterocycles. The molecular weight excluding hydrogens is 206 g/mol. The predicted octanol–water partition coefficient (Wildman–Crippen LogP) is 1.09. The van der Waals surface area contributed by atoms with Crippen molar-refractivity contribution >= 4 is 5.91 Å². The first-order valence-electron chi connectivity index (χ1n) is 5.07. The van der Waals surface area contributed by atoms with E-state index < -0.39 is 5.91 Å². The van der Waals surface area contributed by atoms with E-state index in [9.17, 15) is 4.79 Å². The van der Waals surface area contributed by atoms with Gasteiger partial charge >= 0.3 is 0 Å². The van der Waals surface area contributed by atoms with Gasteiger partial charge in [0.25, 0.3) is 5.91 Å². The van der Waals surface area contributed by atoms with Crippen LogP contribution in [0, 0.1) is 0 Å². The third-order valence-corrected chi connectivity index (χ3v) is 1.98. The van der Waals surface area contributed by atoms with Crippen molar-refractivity contribution in [3.05, 3.63) is 29.6 Å². The molecule has 0 radical (unpaired) electrons. The Hall–Kier alpha value is -1.46. The standard InChI is InChI=1S/C11H17N3O2/c1-11(2,3)13-7-8-4-5-9(12-6-8)10(15)14-16/h4-6,13,16H,7H2,1-3H3,(H,14,15). The molecule has 0 saturated carbocycles. The molecule has 0 saturated heterocycles. The van der Waals surface area contributed by atoms with Crippen molar-refractivity contribution in [3.63, 3.8) is 0 Å². The van der Waals surface area contributed by atoms with E-state index in [-0.39, 0.29) is 11.2 Å². The molecule has 0 unspecified atom stereocenters. The molecule has 0 atom stereocenters. The van der Waals surface area contributed by atoms with E-state index in [0.29, 0.717) is 6.54 Å². The molecule has 1 aromatic rings. The minimum absolute atomic E-state index is 0.0428. The van der Waals surface area contributed by atoms with Crippen molar-refractivity contribution in [2.24, 2.45) is 0 Å². The summed E-state index contributed by atoms with van der Waals surface area (Å²) in [6, 6.07) is 3.38. The molecule has 0 aliphatic carbocycles. The number of pyridine rings is 1. The van der Waals surface area contributed by atoms with Crippen LogP contribution in [0.2, 0.25) is 0 Å². The highest BCUT2D eigenvalue weighted by Gasteiger charge is 2.09. The summed E-state index contributed by atoms with van der Waals surface area (Å²) in [5.41, 5.74) is 2.77. The maximum atomic E-state index is 11.0. The van der Waals surface area contributed by atoms with Gasteiger partial charge < -0.3 is 5.32 Å². The third kappa shape index (κ3) is 3.96. The zero-order chi connectivity index (χ0) is 12.2. The summed E-state index contributed by atoms with van der Waals surface area (Å²) in [4.78, 5) is 14.9. The lowest BCUT2D eigenvalue weighted by atomic mass is 10.1. The predicted molar refractivity (Wildman–Crippen MR) is 60.1 cm³/mol. The fourth-order valence-corrected chi connectivity index (χ4v) is 1.09. The SMILES string of the molecule is CC(C)(C)NCc1ccc(C(=O)NO)nc1. The topological polar surface area (TPSA) is 74.2 Å². The molecule has 1 amide bonds. The van der Waals surface area contributed by atoms with Gasteiger partial charge in [-0.1, -0.05) is 6.07 Å². The van der Waals surface area contributed by atoms with Crippen LogP contribution in [0.5, 0.6) is 0 Å². The molecule has 1 aromatic heterocycles. The Kier molecular flexibility index (Phi) is 3.98. The highest BCUT2D eigenvalue weighted by molar-refractivity contribution is 5.91. The van der Waals surface area contributed by atoms with Crippen LogP contribution in [0.1, 0.15) is 36.8 Å². The fraction of sp³-hybridized carbons (Fsp3) is 0.455. The van der Waals surface area contributed by atoms with Gasteiger partial charge in [0.2, 0.25) is 0 Å². The number of nitrogens with one attached hydrogen (secondary N) is 2. The summed E-state index contributed by atoms with van der Waals surface area (Å²) in [6.45, 7) is 6.92. The highest BCUT2D eigenvalue weighted by Crippen LogP contribution is 2.04. The number of hydrogen-bond acceptors (Lipinski definition) is 4. The maximum Gasteiger partial charge on any atom is 0.293 e. The van der Waals surface area contributed by atoms with Crippen molar-refractivity contribution in [1.82, 2.24) is 15.8 Å². The number of amides is 1. The number of hydroxylamine groups is 1. The van der Waals surface area contributed by atoms with Gasteiger partial charge in [0, 0.05) is 18.3 Å². The molecule has 16 heavy (non-hydrogen) atoms. The Morgan fingerprint density at radius 1 is 1.44 bits per heavy atom. The van der Waals surface area contributed by atoms with E-state index in [1.807, 2.05) is 0 Å². The van der Waals surface area contributed by atoms with E-state index in [1.54, 1.807) is 18.3 Å². The van der Waals surface area contributed by atoms with Crippen molar-refractivity contribution in [2.45, 2.75) is 32.9 Å².